The zero-order valence-corrected chi connectivity index (χ0v) is 13.1. The fraction of sp³-hybridized carbons (Fsp3) is 0. The van der Waals surface area contributed by atoms with Crippen molar-refractivity contribution in [2.45, 2.75) is 0 Å². The van der Waals surface area contributed by atoms with Crippen molar-refractivity contribution >= 4 is 49.8 Å². The molecule has 0 bridgehead atoms. The van der Waals surface area contributed by atoms with Crippen molar-refractivity contribution in [1.29, 1.82) is 5.26 Å². The third kappa shape index (κ3) is 2.71. The predicted molar refractivity (Wildman–Crippen MR) is 88.9 cm³/mol. The predicted octanol–water partition coefficient (Wildman–Crippen LogP) is 5.27. The number of anilines is 2. The van der Waals surface area contributed by atoms with Crippen molar-refractivity contribution in [2.75, 3.05) is 5.32 Å². The molecule has 21 heavy (non-hydrogen) atoms. The Bertz CT molecular complexity index is 871. The molecule has 0 aliphatic carbocycles. The molecule has 0 aliphatic rings. The van der Waals surface area contributed by atoms with Crippen molar-refractivity contribution in [3.63, 3.8) is 0 Å². The van der Waals surface area contributed by atoms with E-state index in [4.69, 9.17) is 16.9 Å². The van der Waals surface area contributed by atoms with Crippen molar-refractivity contribution in [3.05, 3.63) is 63.7 Å². The van der Waals surface area contributed by atoms with E-state index in [2.05, 4.69) is 32.3 Å². The molecule has 0 spiro atoms. The van der Waals surface area contributed by atoms with Crippen LogP contribution in [0.15, 0.2) is 53.1 Å². The van der Waals surface area contributed by atoms with Crippen LogP contribution in [0.5, 0.6) is 0 Å². The molecule has 3 nitrogen and oxygen atoms in total. The molecule has 1 aromatic heterocycles. The lowest BCUT2D eigenvalue weighted by Crippen LogP contribution is -1.94. The molecule has 0 unspecified atom stereocenters. The third-order valence-corrected chi connectivity index (χ3v) is 4.07. The van der Waals surface area contributed by atoms with E-state index in [9.17, 15) is 0 Å². The van der Waals surface area contributed by atoms with Crippen LogP contribution in [0.2, 0.25) is 5.02 Å². The monoisotopic (exact) mass is 357 g/mol. The van der Waals surface area contributed by atoms with E-state index in [0.29, 0.717) is 10.6 Å². The number of aromatic nitrogens is 1. The lowest BCUT2D eigenvalue weighted by atomic mass is 10.1. The van der Waals surface area contributed by atoms with Crippen LogP contribution >= 0.6 is 27.5 Å². The molecule has 0 saturated carbocycles. The molecule has 0 atom stereocenters. The number of rotatable bonds is 2. The largest absolute Gasteiger partial charge is 0.354 e. The highest BCUT2D eigenvalue weighted by molar-refractivity contribution is 9.10. The number of benzene rings is 2. The standard InChI is InChI=1S/C16H9BrClN3/c17-13-8-11(4-3-10(13)9-19)21-15-6-5-14(18)12-2-1-7-20-16(12)15/h1-8,21H. The first-order valence-electron chi connectivity index (χ1n) is 6.19. The second-order valence-electron chi connectivity index (χ2n) is 4.43. The average Bonchev–Trinajstić information content (AvgIpc) is 2.51. The Kier molecular flexibility index (Phi) is 3.78. The van der Waals surface area contributed by atoms with E-state index >= 15 is 0 Å². The molecule has 0 saturated heterocycles. The zero-order chi connectivity index (χ0) is 14.8. The Morgan fingerprint density at radius 2 is 2.05 bits per heavy atom. The Morgan fingerprint density at radius 1 is 1.19 bits per heavy atom. The van der Waals surface area contributed by atoms with Gasteiger partial charge in [-0.1, -0.05) is 11.6 Å². The molecule has 5 heteroatoms. The Hall–Kier alpha value is -2.09. The van der Waals surface area contributed by atoms with Crippen LogP contribution in [-0.2, 0) is 0 Å². The van der Waals surface area contributed by atoms with Crippen LogP contribution in [0.1, 0.15) is 5.56 Å². The van der Waals surface area contributed by atoms with Crippen LogP contribution in [-0.4, -0.2) is 4.98 Å². The minimum atomic E-state index is 0.597. The first kappa shape index (κ1) is 13.9. The number of nitrogens with zero attached hydrogens (tertiary/aromatic N) is 2. The van der Waals surface area contributed by atoms with Crippen molar-refractivity contribution in [1.82, 2.24) is 4.98 Å². The van der Waals surface area contributed by atoms with E-state index in [1.807, 2.05) is 36.4 Å². The second kappa shape index (κ2) is 5.72. The van der Waals surface area contributed by atoms with Gasteiger partial charge in [0, 0.05) is 21.7 Å². The number of halogens is 2. The van der Waals surface area contributed by atoms with Crippen LogP contribution < -0.4 is 5.32 Å². The molecular formula is C16H9BrClN3. The minimum Gasteiger partial charge on any atom is -0.354 e. The normalized spacial score (nSPS) is 10.3. The Balaban J connectivity index is 2.05. The fourth-order valence-corrected chi connectivity index (χ4v) is 2.76. The molecule has 3 aromatic rings. The van der Waals surface area contributed by atoms with Crippen molar-refractivity contribution in [3.8, 4) is 6.07 Å². The van der Waals surface area contributed by atoms with Crippen LogP contribution in [0.4, 0.5) is 11.4 Å². The van der Waals surface area contributed by atoms with Gasteiger partial charge in [0.1, 0.15) is 6.07 Å². The molecule has 3 rings (SSSR count). The Morgan fingerprint density at radius 3 is 2.81 bits per heavy atom. The number of nitrogens with one attached hydrogen (secondary N) is 1. The highest BCUT2D eigenvalue weighted by Crippen LogP contribution is 2.31. The van der Waals surface area contributed by atoms with Crippen molar-refractivity contribution < 1.29 is 0 Å². The van der Waals surface area contributed by atoms with Gasteiger partial charge in [-0.25, -0.2) is 0 Å². The van der Waals surface area contributed by atoms with Gasteiger partial charge in [0.2, 0.25) is 0 Å². The molecule has 1 heterocycles. The molecule has 2 aromatic carbocycles. The summed E-state index contributed by atoms with van der Waals surface area (Å²) in [5.41, 5.74) is 3.15. The number of fused-ring (bicyclic) bond motifs is 1. The summed E-state index contributed by atoms with van der Waals surface area (Å²) in [5, 5.41) is 13.8. The molecular weight excluding hydrogens is 350 g/mol. The lowest BCUT2D eigenvalue weighted by Gasteiger charge is -2.10. The van der Waals surface area contributed by atoms with Gasteiger partial charge in [-0.05, 0) is 58.4 Å². The first-order valence-corrected chi connectivity index (χ1v) is 7.36. The van der Waals surface area contributed by atoms with E-state index in [-0.39, 0.29) is 0 Å². The third-order valence-electron chi connectivity index (χ3n) is 3.09. The van der Waals surface area contributed by atoms with E-state index < -0.39 is 0 Å². The average molecular weight is 359 g/mol. The molecule has 102 valence electrons. The second-order valence-corrected chi connectivity index (χ2v) is 5.69. The number of pyridine rings is 1. The van der Waals surface area contributed by atoms with Crippen LogP contribution in [0, 0.1) is 11.3 Å². The summed E-state index contributed by atoms with van der Waals surface area (Å²) >= 11 is 9.57. The molecule has 0 aliphatic heterocycles. The molecule has 0 fully saturated rings. The van der Waals surface area contributed by atoms with Gasteiger partial charge in [0.15, 0.2) is 0 Å². The quantitative estimate of drug-likeness (QED) is 0.679. The summed E-state index contributed by atoms with van der Waals surface area (Å²) < 4.78 is 0.751. The first-order chi connectivity index (χ1) is 10.2. The van der Waals surface area contributed by atoms with Gasteiger partial charge in [0.05, 0.1) is 21.8 Å². The maximum atomic E-state index is 8.95. The summed E-state index contributed by atoms with van der Waals surface area (Å²) in [6.07, 6.45) is 1.73. The van der Waals surface area contributed by atoms with E-state index in [0.717, 1.165) is 26.8 Å². The number of hydrogen-bond acceptors (Lipinski definition) is 3. The summed E-state index contributed by atoms with van der Waals surface area (Å²) in [6, 6.07) is 15.1. The van der Waals surface area contributed by atoms with Gasteiger partial charge in [-0.3, -0.25) is 4.98 Å². The van der Waals surface area contributed by atoms with Gasteiger partial charge in [0.25, 0.3) is 0 Å². The highest BCUT2D eigenvalue weighted by atomic mass is 79.9. The summed E-state index contributed by atoms with van der Waals surface area (Å²) in [6.45, 7) is 0. The van der Waals surface area contributed by atoms with Gasteiger partial charge >= 0.3 is 0 Å². The number of hydrogen-bond donors (Lipinski definition) is 1. The minimum absolute atomic E-state index is 0.597. The van der Waals surface area contributed by atoms with Crippen LogP contribution in [0.25, 0.3) is 10.9 Å². The maximum Gasteiger partial charge on any atom is 0.100 e. The molecule has 0 radical (unpaired) electrons. The van der Waals surface area contributed by atoms with Crippen molar-refractivity contribution in [2.24, 2.45) is 0 Å². The molecule has 0 amide bonds. The number of nitriles is 1. The highest BCUT2D eigenvalue weighted by Gasteiger charge is 2.07. The summed E-state index contributed by atoms with van der Waals surface area (Å²) in [7, 11) is 0. The molecule has 1 N–H and O–H groups in total. The van der Waals surface area contributed by atoms with Gasteiger partial charge in [-0.15, -0.1) is 0 Å². The summed E-state index contributed by atoms with van der Waals surface area (Å²) in [5.74, 6) is 0. The Labute approximate surface area is 135 Å². The fourth-order valence-electron chi connectivity index (χ4n) is 2.08. The van der Waals surface area contributed by atoms with Crippen LogP contribution in [0.3, 0.4) is 0 Å². The zero-order valence-electron chi connectivity index (χ0n) is 10.8. The van der Waals surface area contributed by atoms with Gasteiger partial charge in [-0.2, -0.15) is 5.26 Å². The van der Waals surface area contributed by atoms with E-state index in [1.165, 1.54) is 0 Å². The maximum absolute atomic E-state index is 8.95. The van der Waals surface area contributed by atoms with E-state index in [1.54, 1.807) is 12.3 Å². The summed E-state index contributed by atoms with van der Waals surface area (Å²) in [4.78, 5) is 4.38. The smallest absolute Gasteiger partial charge is 0.100 e. The van der Waals surface area contributed by atoms with Gasteiger partial charge < -0.3 is 5.32 Å². The SMILES string of the molecule is N#Cc1ccc(Nc2ccc(Cl)c3cccnc23)cc1Br. The topological polar surface area (TPSA) is 48.7 Å². The lowest BCUT2D eigenvalue weighted by molar-refractivity contribution is 1.40.